The number of aromatic nitrogens is 2. The lowest BCUT2D eigenvalue weighted by molar-refractivity contribution is 0.463. The van der Waals surface area contributed by atoms with Crippen LogP contribution in [0.15, 0.2) is 28.7 Å². The molecular formula is C15H19BrClN3. The second-order valence-corrected chi connectivity index (χ2v) is 6.56. The minimum Gasteiger partial charge on any atom is -0.321 e. The monoisotopic (exact) mass is 355 g/mol. The first kappa shape index (κ1) is 15.5. The predicted octanol–water partition coefficient (Wildman–Crippen LogP) is 4.04. The van der Waals surface area contributed by atoms with E-state index in [4.69, 9.17) is 17.3 Å². The molecule has 0 bridgehead atoms. The van der Waals surface area contributed by atoms with Crippen LogP contribution in [-0.4, -0.2) is 9.78 Å². The van der Waals surface area contributed by atoms with Crippen LogP contribution in [0.5, 0.6) is 0 Å². The molecule has 0 fully saturated rings. The van der Waals surface area contributed by atoms with Crippen LogP contribution in [-0.2, 0) is 18.5 Å². The molecule has 5 heteroatoms. The molecule has 0 aliphatic carbocycles. The van der Waals surface area contributed by atoms with Crippen LogP contribution in [0.1, 0.15) is 30.8 Å². The first-order valence-corrected chi connectivity index (χ1v) is 7.79. The van der Waals surface area contributed by atoms with E-state index in [1.165, 1.54) is 0 Å². The molecule has 1 atom stereocenters. The largest absolute Gasteiger partial charge is 0.321 e. The Balaban J connectivity index is 2.37. The normalized spacial score (nSPS) is 14.3. The molecule has 3 nitrogen and oxygen atoms in total. The summed E-state index contributed by atoms with van der Waals surface area (Å²) in [5.74, 6) is 0. The van der Waals surface area contributed by atoms with Gasteiger partial charge in [0.1, 0.15) is 0 Å². The van der Waals surface area contributed by atoms with Crippen LogP contribution < -0.4 is 5.73 Å². The molecule has 0 aliphatic rings. The van der Waals surface area contributed by atoms with Gasteiger partial charge < -0.3 is 5.73 Å². The van der Waals surface area contributed by atoms with Gasteiger partial charge in [0.2, 0.25) is 0 Å². The highest BCUT2D eigenvalue weighted by Crippen LogP contribution is 2.29. The summed E-state index contributed by atoms with van der Waals surface area (Å²) in [6, 6.07) is 8.08. The smallest absolute Gasteiger partial charge is 0.0847 e. The first-order chi connectivity index (χ1) is 9.35. The Morgan fingerprint density at radius 2 is 2.15 bits per heavy atom. The quantitative estimate of drug-likeness (QED) is 0.898. The van der Waals surface area contributed by atoms with Gasteiger partial charge in [-0.1, -0.05) is 39.7 Å². The second kappa shape index (κ2) is 5.88. The summed E-state index contributed by atoms with van der Waals surface area (Å²) in [6.07, 6.45) is 0.650. The molecule has 0 spiro atoms. The van der Waals surface area contributed by atoms with Crippen molar-refractivity contribution in [1.82, 2.24) is 9.78 Å². The Bertz CT molecular complexity index is 620. The Labute approximate surface area is 133 Å². The molecule has 0 amide bonds. The molecule has 1 unspecified atom stereocenters. The minimum absolute atomic E-state index is 0.493. The van der Waals surface area contributed by atoms with Crippen LogP contribution in [0, 0.1) is 6.92 Å². The molecule has 1 aromatic heterocycles. The molecule has 0 saturated heterocycles. The van der Waals surface area contributed by atoms with Crippen molar-refractivity contribution in [2.45, 2.75) is 39.3 Å². The molecule has 2 rings (SSSR count). The number of nitrogens with zero attached hydrogens (tertiary/aromatic N) is 2. The van der Waals surface area contributed by atoms with Gasteiger partial charge in [0.25, 0.3) is 0 Å². The summed E-state index contributed by atoms with van der Waals surface area (Å²) in [7, 11) is 0. The van der Waals surface area contributed by atoms with Gasteiger partial charge in [-0.25, -0.2) is 0 Å². The topological polar surface area (TPSA) is 43.8 Å². The number of aryl methyl sites for hydroxylation is 2. The van der Waals surface area contributed by atoms with E-state index in [1.54, 1.807) is 0 Å². The summed E-state index contributed by atoms with van der Waals surface area (Å²) >= 11 is 9.86. The van der Waals surface area contributed by atoms with E-state index in [-0.39, 0.29) is 0 Å². The lowest BCUT2D eigenvalue weighted by Gasteiger charge is -2.26. The summed E-state index contributed by atoms with van der Waals surface area (Å²) in [5.41, 5.74) is 8.95. The average Bonchev–Trinajstić information content (AvgIpc) is 2.66. The molecule has 20 heavy (non-hydrogen) atoms. The van der Waals surface area contributed by atoms with Gasteiger partial charge >= 0.3 is 0 Å². The maximum atomic E-state index is 6.52. The number of benzene rings is 1. The van der Waals surface area contributed by atoms with Gasteiger partial charge in [0, 0.05) is 23.0 Å². The molecule has 2 aromatic rings. The molecule has 0 saturated carbocycles. The van der Waals surface area contributed by atoms with Gasteiger partial charge in [-0.05, 0) is 38.5 Å². The van der Waals surface area contributed by atoms with Gasteiger partial charge in [-0.3, -0.25) is 4.68 Å². The molecule has 1 heterocycles. The second-order valence-electron chi connectivity index (χ2n) is 5.27. The highest BCUT2D eigenvalue weighted by Gasteiger charge is 2.26. The van der Waals surface area contributed by atoms with Gasteiger partial charge in [0.15, 0.2) is 0 Å². The third kappa shape index (κ3) is 3.08. The fourth-order valence-electron chi connectivity index (χ4n) is 2.33. The fraction of sp³-hybridized carbons (Fsp3) is 0.400. The summed E-state index contributed by atoms with van der Waals surface area (Å²) in [5, 5.41) is 5.16. The van der Waals surface area contributed by atoms with Crippen molar-refractivity contribution in [2.24, 2.45) is 5.73 Å². The van der Waals surface area contributed by atoms with E-state index in [1.807, 2.05) is 42.8 Å². The van der Waals surface area contributed by atoms with Crippen LogP contribution in [0.2, 0.25) is 5.02 Å². The Hall–Kier alpha value is -0.840. The van der Waals surface area contributed by atoms with Gasteiger partial charge in [0.05, 0.1) is 16.4 Å². The van der Waals surface area contributed by atoms with Gasteiger partial charge in [-0.2, -0.15) is 5.10 Å². The SMILES string of the molecule is CCn1nc(C)c(Cl)c1CC(C)(N)c1cccc(Br)c1. The summed E-state index contributed by atoms with van der Waals surface area (Å²) in [4.78, 5) is 0. The van der Waals surface area contributed by atoms with Crippen molar-refractivity contribution in [3.8, 4) is 0 Å². The molecule has 1 aromatic carbocycles. The number of nitrogens with two attached hydrogens (primary N) is 1. The van der Waals surface area contributed by atoms with Crippen LogP contribution in [0.4, 0.5) is 0 Å². The number of rotatable bonds is 4. The van der Waals surface area contributed by atoms with Crippen molar-refractivity contribution in [1.29, 1.82) is 0 Å². The van der Waals surface area contributed by atoms with E-state index in [2.05, 4.69) is 28.0 Å². The predicted molar refractivity (Wildman–Crippen MR) is 87.0 cm³/mol. The first-order valence-electron chi connectivity index (χ1n) is 6.62. The highest BCUT2D eigenvalue weighted by atomic mass is 79.9. The van der Waals surface area contributed by atoms with E-state index in [9.17, 15) is 0 Å². The van der Waals surface area contributed by atoms with E-state index < -0.39 is 5.54 Å². The van der Waals surface area contributed by atoms with Gasteiger partial charge in [-0.15, -0.1) is 0 Å². The van der Waals surface area contributed by atoms with Crippen molar-refractivity contribution in [3.05, 3.63) is 50.7 Å². The molecule has 0 radical (unpaired) electrons. The lowest BCUT2D eigenvalue weighted by Crippen LogP contribution is -2.36. The lowest BCUT2D eigenvalue weighted by atomic mass is 9.88. The standard InChI is InChI=1S/C15H19BrClN3/c1-4-20-13(14(17)10(2)19-20)9-15(3,18)11-6-5-7-12(16)8-11/h5-8H,4,9,18H2,1-3H3. The van der Waals surface area contributed by atoms with Crippen molar-refractivity contribution in [2.75, 3.05) is 0 Å². The zero-order chi connectivity index (χ0) is 14.9. The Morgan fingerprint density at radius 1 is 1.45 bits per heavy atom. The third-order valence-electron chi connectivity index (χ3n) is 3.47. The number of hydrogen-bond acceptors (Lipinski definition) is 2. The molecule has 0 aliphatic heterocycles. The highest BCUT2D eigenvalue weighted by molar-refractivity contribution is 9.10. The summed E-state index contributed by atoms with van der Waals surface area (Å²) in [6.45, 7) is 6.79. The maximum absolute atomic E-state index is 6.52. The van der Waals surface area contributed by atoms with Crippen molar-refractivity contribution < 1.29 is 0 Å². The van der Waals surface area contributed by atoms with E-state index in [0.29, 0.717) is 6.42 Å². The zero-order valence-electron chi connectivity index (χ0n) is 12.0. The fourth-order valence-corrected chi connectivity index (χ4v) is 2.93. The van der Waals surface area contributed by atoms with Crippen LogP contribution in [0.25, 0.3) is 0 Å². The Morgan fingerprint density at radius 3 is 2.75 bits per heavy atom. The van der Waals surface area contributed by atoms with E-state index >= 15 is 0 Å². The number of hydrogen-bond donors (Lipinski definition) is 1. The molecule has 108 valence electrons. The van der Waals surface area contributed by atoms with Crippen LogP contribution in [0.3, 0.4) is 0 Å². The zero-order valence-corrected chi connectivity index (χ0v) is 14.3. The van der Waals surface area contributed by atoms with Crippen molar-refractivity contribution >= 4 is 27.5 Å². The van der Waals surface area contributed by atoms with E-state index in [0.717, 1.165) is 33.0 Å². The average molecular weight is 357 g/mol. The number of halogens is 2. The minimum atomic E-state index is -0.493. The summed E-state index contributed by atoms with van der Waals surface area (Å²) < 4.78 is 2.96. The maximum Gasteiger partial charge on any atom is 0.0847 e. The third-order valence-corrected chi connectivity index (χ3v) is 4.46. The molecule has 2 N–H and O–H groups in total. The van der Waals surface area contributed by atoms with Crippen molar-refractivity contribution in [3.63, 3.8) is 0 Å². The van der Waals surface area contributed by atoms with Crippen LogP contribution >= 0.6 is 27.5 Å². The molecular weight excluding hydrogens is 338 g/mol. The Kier molecular flexibility index (Phi) is 4.57.